The highest BCUT2D eigenvalue weighted by molar-refractivity contribution is 6.33. The predicted octanol–water partition coefficient (Wildman–Crippen LogP) is 3.80. The fourth-order valence-electron chi connectivity index (χ4n) is 2.31. The summed E-state index contributed by atoms with van der Waals surface area (Å²) in [6, 6.07) is 5.27. The molecule has 4 nitrogen and oxygen atoms in total. The van der Waals surface area contributed by atoms with Crippen LogP contribution in [0.5, 0.6) is 5.75 Å². The molecule has 1 aromatic rings. The topological polar surface area (TPSA) is 50.4 Å². The highest BCUT2D eigenvalue weighted by Gasteiger charge is 2.16. The Balaban J connectivity index is 1.91. The monoisotopic (exact) mass is 282 g/mol. The van der Waals surface area contributed by atoms with Gasteiger partial charge in [0.05, 0.1) is 17.8 Å². The molecule has 2 amide bonds. The Hall–Kier alpha value is -1.42. The van der Waals surface area contributed by atoms with E-state index in [1.807, 2.05) is 0 Å². The summed E-state index contributed by atoms with van der Waals surface area (Å²) in [5.74, 6) is 0.670. The SMILES string of the molecule is COc1ccc(NC(=O)NC2CCCCC2)c(Cl)c1. The standard InChI is InChI=1S/C14H19ClN2O2/c1-19-11-7-8-13(12(15)9-11)17-14(18)16-10-5-3-2-4-6-10/h7-10H,2-6H2,1H3,(H2,16,17,18). The van der Waals surface area contributed by atoms with Crippen LogP contribution in [0.1, 0.15) is 32.1 Å². The zero-order chi connectivity index (χ0) is 13.7. The second-order valence-corrected chi connectivity index (χ2v) is 5.19. The maximum absolute atomic E-state index is 11.9. The van der Waals surface area contributed by atoms with Gasteiger partial charge in [-0.15, -0.1) is 0 Å². The summed E-state index contributed by atoms with van der Waals surface area (Å²) in [7, 11) is 1.58. The van der Waals surface area contributed by atoms with Gasteiger partial charge >= 0.3 is 6.03 Å². The zero-order valence-electron chi connectivity index (χ0n) is 11.0. The summed E-state index contributed by atoms with van der Waals surface area (Å²) in [5, 5.41) is 6.22. The highest BCUT2D eigenvalue weighted by Crippen LogP contribution is 2.26. The molecule has 1 saturated carbocycles. The van der Waals surface area contributed by atoms with Gasteiger partial charge in [0, 0.05) is 12.1 Å². The molecule has 1 fully saturated rings. The lowest BCUT2D eigenvalue weighted by molar-refractivity contribution is 0.244. The highest BCUT2D eigenvalue weighted by atomic mass is 35.5. The Labute approximate surface area is 118 Å². The van der Waals surface area contributed by atoms with Gasteiger partial charge in [-0.1, -0.05) is 30.9 Å². The third kappa shape index (κ3) is 4.03. The molecule has 0 unspecified atom stereocenters. The maximum Gasteiger partial charge on any atom is 0.319 e. The second-order valence-electron chi connectivity index (χ2n) is 4.78. The summed E-state index contributed by atoms with van der Waals surface area (Å²) < 4.78 is 5.06. The van der Waals surface area contributed by atoms with Crippen molar-refractivity contribution in [2.45, 2.75) is 38.1 Å². The van der Waals surface area contributed by atoms with Gasteiger partial charge in [-0.3, -0.25) is 0 Å². The third-order valence-electron chi connectivity index (χ3n) is 3.36. The van der Waals surface area contributed by atoms with Gasteiger partial charge in [0.25, 0.3) is 0 Å². The first-order valence-corrected chi connectivity index (χ1v) is 6.98. The van der Waals surface area contributed by atoms with E-state index in [2.05, 4.69) is 10.6 Å². The van der Waals surface area contributed by atoms with E-state index in [1.165, 1.54) is 19.3 Å². The molecule has 2 rings (SSSR count). The number of hydrogen-bond donors (Lipinski definition) is 2. The van der Waals surface area contributed by atoms with Crippen LogP contribution in [-0.2, 0) is 0 Å². The maximum atomic E-state index is 11.9. The number of carbonyl (C=O) groups excluding carboxylic acids is 1. The van der Waals surface area contributed by atoms with E-state index in [9.17, 15) is 4.79 Å². The number of halogens is 1. The van der Waals surface area contributed by atoms with Crippen LogP contribution in [0.3, 0.4) is 0 Å². The third-order valence-corrected chi connectivity index (χ3v) is 3.68. The van der Waals surface area contributed by atoms with Gasteiger partial charge in [-0.2, -0.15) is 0 Å². The molecular weight excluding hydrogens is 264 g/mol. The Morgan fingerprint density at radius 2 is 2.05 bits per heavy atom. The predicted molar refractivity (Wildman–Crippen MR) is 77.0 cm³/mol. The average molecular weight is 283 g/mol. The van der Waals surface area contributed by atoms with Gasteiger partial charge in [0.15, 0.2) is 0 Å². The number of ether oxygens (including phenoxy) is 1. The average Bonchev–Trinajstić information content (AvgIpc) is 2.42. The van der Waals surface area contributed by atoms with Gasteiger partial charge in [0.2, 0.25) is 0 Å². The number of methoxy groups -OCH3 is 1. The summed E-state index contributed by atoms with van der Waals surface area (Å²) in [5.41, 5.74) is 0.593. The summed E-state index contributed by atoms with van der Waals surface area (Å²) in [4.78, 5) is 11.9. The Morgan fingerprint density at radius 3 is 2.68 bits per heavy atom. The van der Waals surface area contributed by atoms with Crippen LogP contribution in [0, 0.1) is 0 Å². The van der Waals surface area contributed by atoms with Crippen LogP contribution >= 0.6 is 11.6 Å². The number of amides is 2. The van der Waals surface area contributed by atoms with Crippen molar-refractivity contribution in [1.82, 2.24) is 5.32 Å². The molecule has 0 saturated heterocycles. The van der Waals surface area contributed by atoms with E-state index < -0.39 is 0 Å². The van der Waals surface area contributed by atoms with Crippen LogP contribution in [0.25, 0.3) is 0 Å². The number of anilines is 1. The van der Waals surface area contributed by atoms with Gasteiger partial charge in [-0.25, -0.2) is 4.79 Å². The first kappa shape index (κ1) is 14.0. The molecule has 0 spiro atoms. The first-order valence-electron chi connectivity index (χ1n) is 6.60. The fourth-order valence-corrected chi connectivity index (χ4v) is 2.53. The second kappa shape index (κ2) is 6.66. The lowest BCUT2D eigenvalue weighted by Crippen LogP contribution is -2.39. The number of rotatable bonds is 3. The Morgan fingerprint density at radius 1 is 1.32 bits per heavy atom. The summed E-state index contributed by atoms with van der Waals surface area (Å²) in [6.07, 6.45) is 5.76. The summed E-state index contributed by atoms with van der Waals surface area (Å²) >= 11 is 6.07. The van der Waals surface area contributed by atoms with Gasteiger partial charge in [0.1, 0.15) is 5.75 Å². The van der Waals surface area contributed by atoms with E-state index in [4.69, 9.17) is 16.3 Å². The van der Waals surface area contributed by atoms with E-state index in [0.717, 1.165) is 12.8 Å². The molecule has 104 valence electrons. The minimum Gasteiger partial charge on any atom is -0.497 e. The molecule has 0 aromatic heterocycles. The van der Waals surface area contributed by atoms with Crippen molar-refractivity contribution in [2.24, 2.45) is 0 Å². The van der Waals surface area contributed by atoms with E-state index in [0.29, 0.717) is 16.5 Å². The lowest BCUT2D eigenvalue weighted by Gasteiger charge is -2.23. The van der Waals surface area contributed by atoms with Crippen LogP contribution in [0.15, 0.2) is 18.2 Å². The Kier molecular flexibility index (Phi) is 4.91. The molecule has 19 heavy (non-hydrogen) atoms. The van der Waals surface area contributed by atoms with Crippen molar-refractivity contribution >= 4 is 23.3 Å². The minimum atomic E-state index is -0.195. The van der Waals surface area contributed by atoms with Gasteiger partial charge < -0.3 is 15.4 Å². The zero-order valence-corrected chi connectivity index (χ0v) is 11.8. The largest absolute Gasteiger partial charge is 0.497 e. The Bertz CT molecular complexity index is 445. The van der Waals surface area contributed by atoms with E-state index in [1.54, 1.807) is 25.3 Å². The molecule has 5 heteroatoms. The smallest absolute Gasteiger partial charge is 0.319 e. The molecule has 2 N–H and O–H groups in total. The molecule has 0 bridgehead atoms. The summed E-state index contributed by atoms with van der Waals surface area (Å²) in [6.45, 7) is 0. The van der Waals surface area contributed by atoms with Gasteiger partial charge in [-0.05, 0) is 25.0 Å². The molecule has 1 aromatic carbocycles. The number of benzene rings is 1. The number of urea groups is 1. The minimum absolute atomic E-state index is 0.195. The van der Waals surface area contributed by atoms with Crippen molar-refractivity contribution in [1.29, 1.82) is 0 Å². The molecular formula is C14H19ClN2O2. The van der Waals surface area contributed by atoms with Crippen LogP contribution in [0.2, 0.25) is 5.02 Å². The lowest BCUT2D eigenvalue weighted by atomic mass is 9.96. The number of carbonyl (C=O) groups is 1. The molecule has 1 aliphatic carbocycles. The van der Waals surface area contributed by atoms with E-state index >= 15 is 0 Å². The van der Waals surface area contributed by atoms with Crippen LogP contribution < -0.4 is 15.4 Å². The normalized spacial score (nSPS) is 15.9. The van der Waals surface area contributed by atoms with Crippen LogP contribution in [0.4, 0.5) is 10.5 Å². The number of hydrogen-bond acceptors (Lipinski definition) is 2. The van der Waals surface area contributed by atoms with Crippen molar-refractivity contribution in [3.63, 3.8) is 0 Å². The van der Waals surface area contributed by atoms with Crippen molar-refractivity contribution in [3.8, 4) is 5.75 Å². The molecule has 0 heterocycles. The van der Waals surface area contributed by atoms with Crippen LogP contribution in [-0.4, -0.2) is 19.2 Å². The first-order chi connectivity index (χ1) is 9.19. The molecule has 0 radical (unpaired) electrons. The van der Waals surface area contributed by atoms with Crippen molar-refractivity contribution in [2.75, 3.05) is 12.4 Å². The van der Waals surface area contributed by atoms with E-state index in [-0.39, 0.29) is 12.1 Å². The fraction of sp³-hybridized carbons (Fsp3) is 0.500. The quantitative estimate of drug-likeness (QED) is 0.886. The molecule has 1 aliphatic rings. The molecule has 0 aliphatic heterocycles. The number of nitrogens with one attached hydrogen (secondary N) is 2. The van der Waals surface area contributed by atoms with Crippen molar-refractivity contribution < 1.29 is 9.53 Å². The van der Waals surface area contributed by atoms with Crippen molar-refractivity contribution in [3.05, 3.63) is 23.2 Å². The molecule has 0 atom stereocenters.